The summed E-state index contributed by atoms with van der Waals surface area (Å²) < 4.78 is 5.19. The number of benzene rings is 1. The van der Waals surface area contributed by atoms with Crippen LogP contribution in [0.4, 0.5) is 5.82 Å². The molecule has 0 atom stereocenters. The Bertz CT molecular complexity index is 615. The molecular formula is C14H13N3O2. The van der Waals surface area contributed by atoms with Gasteiger partial charge in [0.2, 0.25) is 11.9 Å². The quantitative estimate of drug-likeness (QED) is 0.623. The van der Waals surface area contributed by atoms with Crippen LogP contribution >= 0.6 is 0 Å². The average Bonchev–Trinajstić information content (AvgIpc) is 2.83. The first-order valence-corrected chi connectivity index (χ1v) is 6.18. The molecule has 0 N–H and O–H groups in total. The van der Waals surface area contributed by atoms with Gasteiger partial charge in [0.15, 0.2) is 0 Å². The third-order valence-electron chi connectivity index (χ3n) is 3.29. The molecule has 5 heteroatoms. The average molecular weight is 255 g/mol. The van der Waals surface area contributed by atoms with Gasteiger partial charge in [-0.2, -0.15) is 0 Å². The Morgan fingerprint density at radius 3 is 3.00 bits per heavy atom. The molecule has 0 bridgehead atoms. The second-order valence-electron chi connectivity index (χ2n) is 4.56. The molecular weight excluding hydrogens is 242 g/mol. The molecule has 0 spiro atoms. The van der Waals surface area contributed by atoms with Crippen molar-refractivity contribution in [3.05, 3.63) is 47.2 Å². The number of aromatic nitrogens is 1. The summed E-state index contributed by atoms with van der Waals surface area (Å²) in [7, 11) is 0. The number of aliphatic imine (C=N–C) groups is 1. The second kappa shape index (κ2) is 5.18. The van der Waals surface area contributed by atoms with Crippen LogP contribution in [-0.4, -0.2) is 22.7 Å². The van der Waals surface area contributed by atoms with Crippen molar-refractivity contribution >= 4 is 11.9 Å². The standard InChI is InChI=1S/C14H13N3O2/c18-10-15-14-12-9-17(7-6-13(12)19-16-14)8-11-4-2-1-3-5-11/h1-5H,6-9H2. The summed E-state index contributed by atoms with van der Waals surface area (Å²) in [5.41, 5.74) is 2.17. The fourth-order valence-corrected chi connectivity index (χ4v) is 2.36. The monoisotopic (exact) mass is 255 g/mol. The van der Waals surface area contributed by atoms with E-state index in [2.05, 4.69) is 27.2 Å². The summed E-state index contributed by atoms with van der Waals surface area (Å²) in [6, 6.07) is 10.3. The van der Waals surface area contributed by atoms with E-state index in [0.717, 1.165) is 30.8 Å². The van der Waals surface area contributed by atoms with Gasteiger partial charge < -0.3 is 4.52 Å². The van der Waals surface area contributed by atoms with Gasteiger partial charge in [0.25, 0.3) is 0 Å². The molecule has 2 aromatic rings. The lowest BCUT2D eigenvalue weighted by Crippen LogP contribution is -2.29. The van der Waals surface area contributed by atoms with Gasteiger partial charge >= 0.3 is 0 Å². The Morgan fingerprint density at radius 1 is 1.37 bits per heavy atom. The zero-order valence-corrected chi connectivity index (χ0v) is 10.4. The van der Waals surface area contributed by atoms with Crippen LogP contribution in [-0.2, 0) is 24.3 Å². The SMILES string of the molecule is O=C=Nc1noc2c1CN(Cc1ccccc1)CC2. The molecule has 1 aromatic heterocycles. The van der Waals surface area contributed by atoms with Crippen LogP contribution in [0.3, 0.4) is 0 Å². The third kappa shape index (κ3) is 2.47. The molecule has 0 unspecified atom stereocenters. The molecule has 0 radical (unpaired) electrons. The molecule has 5 nitrogen and oxygen atoms in total. The minimum absolute atomic E-state index is 0.364. The Kier molecular flexibility index (Phi) is 3.23. The van der Waals surface area contributed by atoms with E-state index >= 15 is 0 Å². The van der Waals surface area contributed by atoms with Gasteiger partial charge in [0.05, 0.1) is 5.56 Å². The van der Waals surface area contributed by atoms with E-state index in [1.807, 2.05) is 18.2 Å². The van der Waals surface area contributed by atoms with E-state index in [1.165, 1.54) is 11.6 Å². The van der Waals surface area contributed by atoms with Crippen LogP contribution in [0.2, 0.25) is 0 Å². The summed E-state index contributed by atoms with van der Waals surface area (Å²) in [5.74, 6) is 1.20. The van der Waals surface area contributed by atoms with Crippen molar-refractivity contribution in [2.45, 2.75) is 19.5 Å². The van der Waals surface area contributed by atoms with E-state index in [0.29, 0.717) is 12.4 Å². The third-order valence-corrected chi connectivity index (χ3v) is 3.29. The highest BCUT2D eigenvalue weighted by Gasteiger charge is 2.24. The number of carbonyl (C=O) groups excluding carboxylic acids is 1. The lowest BCUT2D eigenvalue weighted by molar-refractivity contribution is 0.228. The first-order chi connectivity index (χ1) is 9.36. The summed E-state index contributed by atoms with van der Waals surface area (Å²) >= 11 is 0. The maximum Gasteiger partial charge on any atom is 0.242 e. The van der Waals surface area contributed by atoms with Gasteiger partial charge in [-0.15, -0.1) is 4.99 Å². The number of isocyanates is 1. The van der Waals surface area contributed by atoms with Crippen LogP contribution in [0, 0.1) is 0 Å². The summed E-state index contributed by atoms with van der Waals surface area (Å²) in [4.78, 5) is 16.2. The van der Waals surface area contributed by atoms with E-state index in [1.54, 1.807) is 0 Å². The lowest BCUT2D eigenvalue weighted by atomic mass is 10.1. The highest BCUT2D eigenvalue weighted by atomic mass is 16.5. The molecule has 1 aromatic carbocycles. The van der Waals surface area contributed by atoms with Crippen molar-refractivity contribution in [2.75, 3.05) is 6.54 Å². The van der Waals surface area contributed by atoms with Gasteiger partial charge in [-0.1, -0.05) is 35.5 Å². The summed E-state index contributed by atoms with van der Waals surface area (Å²) in [6.45, 7) is 2.49. The predicted molar refractivity (Wildman–Crippen MR) is 68.5 cm³/mol. The summed E-state index contributed by atoms with van der Waals surface area (Å²) in [6.07, 6.45) is 2.31. The fourth-order valence-electron chi connectivity index (χ4n) is 2.36. The first kappa shape index (κ1) is 11.8. The molecule has 19 heavy (non-hydrogen) atoms. The Hall–Kier alpha value is -2.23. The van der Waals surface area contributed by atoms with Gasteiger partial charge in [0.1, 0.15) is 5.76 Å². The Morgan fingerprint density at radius 2 is 2.21 bits per heavy atom. The van der Waals surface area contributed by atoms with Crippen LogP contribution in [0.25, 0.3) is 0 Å². The summed E-state index contributed by atoms with van der Waals surface area (Å²) in [5, 5.41) is 3.80. The molecule has 2 heterocycles. The van der Waals surface area contributed by atoms with Crippen molar-refractivity contribution in [2.24, 2.45) is 4.99 Å². The van der Waals surface area contributed by atoms with E-state index < -0.39 is 0 Å². The largest absolute Gasteiger partial charge is 0.359 e. The van der Waals surface area contributed by atoms with Crippen molar-refractivity contribution in [3.63, 3.8) is 0 Å². The number of hydrogen-bond acceptors (Lipinski definition) is 5. The zero-order valence-electron chi connectivity index (χ0n) is 10.4. The molecule has 0 fully saturated rings. The molecule has 96 valence electrons. The second-order valence-corrected chi connectivity index (χ2v) is 4.56. The highest BCUT2D eigenvalue weighted by molar-refractivity contribution is 5.49. The van der Waals surface area contributed by atoms with Crippen molar-refractivity contribution in [3.8, 4) is 0 Å². The van der Waals surface area contributed by atoms with Gasteiger partial charge in [-0.05, 0) is 5.56 Å². The zero-order chi connectivity index (χ0) is 13.1. The fraction of sp³-hybridized carbons (Fsp3) is 0.286. The van der Waals surface area contributed by atoms with Gasteiger partial charge in [-0.25, -0.2) is 4.79 Å². The number of fused-ring (bicyclic) bond motifs is 1. The molecule has 0 saturated carbocycles. The molecule has 0 aliphatic carbocycles. The predicted octanol–water partition coefficient (Wildman–Crippen LogP) is 2.20. The van der Waals surface area contributed by atoms with Crippen LogP contribution in [0.5, 0.6) is 0 Å². The molecule has 3 rings (SSSR count). The molecule has 1 aliphatic heterocycles. The first-order valence-electron chi connectivity index (χ1n) is 6.18. The van der Waals surface area contributed by atoms with Crippen LogP contribution in [0.15, 0.2) is 39.8 Å². The Labute approximate surface area is 110 Å². The Balaban J connectivity index is 1.78. The molecule has 1 aliphatic rings. The van der Waals surface area contributed by atoms with Crippen LogP contribution < -0.4 is 0 Å². The van der Waals surface area contributed by atoms with E-state index in [4.69, 9.17) is 4.52 Å². The topological polar surface area (TPSA) is 58.7 Å². The highest BCUT2D eigenvalue weighted by Crippen LogP contribution is 2.28. The molecule has 0 saturated heterocycles. The van der Waals surface area contributed by atoms with Crippen molar-refractivity contribution in [1.82, 2.24) is 10.1 Å². The minimum atomic E-state index is 0.364. The van der Waals surface area contributed by atoms with E-state index in [-0.39, 0.29) is 0 Å². The number of nitrogens with zero attached hydrogens (tertiary/aromatic N) is 3. The van der Waals surface area contributed by atoms with Crippen molar-refractivity contribution < 1.29 is 9.32 Å². The molecule has 0 amide bonds. The minimum Gasteiger partial charge on any atom is -0.359 e. The van der Waals surface area contributed by atoms with Crippen molar-refractivity contribution in [1.29, 1.82) is 0 Å². The van der Waals surface area contributed by atoms with Gasteiger partial charge in [0, 0.05) is 26.1 Å². The lowest BCUT2D eigenvalue weighted by Gasteiger charge is -2.25. The van der Waals surface area contributed by atoms with Crippen LogP contribution in [0.1, 0.15) is 16.9 Å². The van der Waals surface area contributed by atoms with E-state index in [9.17, 15) is 4.79 Å². The maximum atomic E-state index is 10.3. The number of hydrogen-bond donors (Lipinski definition) is 0. The normalized spacial score (nSPS) is 14.7. The smallest absolute Gasteiger partial charge is 0.242 e. The number of rotatable bonds is 3. The van der Waals surface area contributed by atoms with Gasteiger partial charge in [-0.3, -0.25) is 4.90 Å². The maximum absolute atomic E-state index is 10.3.